The average molecular weight is 361 g/mol. The van der Waals surface area contributed by atoms with E-state index in [-0.39, 0.29) is 10.2 Å². The number of unbranched alkanes of at least 4 members (excludes halogenated alkanes) is 7. The summed E-state index contributed by atoms with van der Waals surface area (Å²) in [6, 6.07) is 8.19. The Bertz CT molecular complexity index is 599. The molecule has 1 saturated carbocycles. The molecule has 1 aromatic rings. The van der Waals surface area contributed by atoms with Crippen LogP contribution in [0.4, 0.5) is 0 Å². The molecule has 0 heterocycles. The first-order valence-corrected chi connectivity index (χ1v) is 11.2. The molecule has 1 aliphatic rings. The Balaban J connectivity index is 1.90. The van der Waals surface area contributed by atoms with Crippen LogP contribution in [0, 0.1) is 12.3 Å². The van der Waals surface area contributed by atoms with Crippen molar-refractivity contribution < 1.29 is 4.21 Å². The molecule has 1 fully saturated rings. The summed E-state index contributed by atoms with van der Waals surface area (Å²) in [5.74, 6) is 0. The van der Waals surface area contributed by atoms with Crippen LogP contribution in [-0.2, 0) is 10.8 Å². The normalized spacial score (nSPS) is 22.8. The van der Waals surface area contributed by atoms with Crippen molar-refractivity contribution in [2.24, 2.45) is 5.41 Å². The highest BCUT2D eigenvalue weighted by Gasteiger charge is 2.68. The third-order valence-corrected chi connectivity index (χ3v) is 8.42. The van der Waals surface area contributed by atoms with Gasteiger partial charge in [-0.05, 0) is 25.5 Å². The molecule has 1 aromatic carbocycles. The molecule has 2 atom stereocenters. The lowest BCUT2D eigenvalue weighted by atomic mass is 10.0. The third kappa shape index (κ3) is 4.27. The number of hydrogen-bond acceptors (Lipinski definition) is 1. The number of aryl methyl sites for hydroxylation is 1. The van der Waals surface area contributed by atoms with Gasteiger partial charge in [0.05, 0.1) is 15.5 Å². The van der Waals surface area contributed by atoms with Gasteiger partial charge in [-0.15, -0.1) is 0 Å². The maximum absolute atomic E-state index is 13.4. The van der Waals surface area contributed by atoms with Crippen LogP contribution in [0.15, 0.2) is 41.3 Å². The van der Waals surface area contributed by atoms with E-state index in [9.17, 15) is 4.21 Å². The minimum absolute atomic E-state index is 0.0100. The molecule has 140 valence electrons. The topological polar surface area (TPSA) is 17.1 Å². The zero-order valence-electron chi connectivity index (χ0n) is 16.7. The van der Waals surface area contributed by atoms with E-state index in [2.05, 4.69) is 46.4 Å². The van der Waals surface area contributed by atoms with Crippen LogP contribution in [-0.4, -0.2) is 8.96 Å². The Labute approximate surface area is 157 Å². The Morgan fingerprint density at radius 2 is 1.40 bits per heavy atom. The highest BCUT2D eigenvalue weighted by atomic mass is 32.2. The zero-order chi connectivity index (χ0) is 18.5. The Hall–Kier alpha value is -0.890. The molecule has 2 heteroatoms. The summed E-state index contributed by atoms with van der Waals surface area (Å²) in [7, 11) is -1.00. The van der Waals surface area contributed by atoms with Gasteiger partial charge in [-0.3, -0.25) is 4.21 Å². The molecular formula is C23H36OS. The lowest BCUT2D eigenvalue weighted by molar-refractivity contribution is 0.506. The summed E-state index contributed by atoms with van der Waals surface area (Å²) in [5, 5.41) is 0. The van der Waals surface area contributed by atoms with Gasteiger partial charge in [-0.1, -0.05) is 102 Å². The maximum Gasteiger partial charge on any atom is 0.0805 e. The minimum Gasteiger partial charge on any atom is -0.253 e. The van der Waals surface area contributed by atoms with Crippen LogP contribution in [0.5, 0.6) is 0 Å². The van der Waals surface area contributed by atoms with Crippen molar-refractivity contribution in [1.82, 2.24) is 0 Å². The molecule has 0 unspecified atom stereocenters. The average Bonchev–Trinajstić information content (AvgIpc) is 3.03. The monoisotopic (exact) mass is 360 g/mol. The Kier molecular flexibility index (Phi) is 7.08. The van der Waals surface area contributed by atoms with Crippen molar-refractivity contribution in [2.45, 2.75) is 95.1 Å². The van der Waals surface area contributed by atoms with Crippen molar-refractivity contribution >= 4 is 10.8 Å². The van der Waals surface area contributed by atoms with E-state index >= 15 is 0 Å². The molecule has 2 rings (SSSR count). The molecular weight excluding hydrogens is 324 g/mol. The molecule has 1 aliphatic carbocycles. The maximum atomic E-state index is 13.4. The highest BCUT2D eigenvalue weighted by molar-refractivity contribution is 7.87. The van der Waals surface area contributed by atoms with Crippen LogP contribution in [0.3, 0.4) is 0 Å². The van der Waals surface area contributed by atoms with Crippen LogP contribution < -0.4 is 0 Å². The summed E-state index contributed by atoms with van der Waals surface area (Å²) in [5.41, 5.74) is 2.39. The molecule has 0 amide bonds. The molecule has 0 bridgehead atoms. The molecule has 1 nitrogen and oxygen atoms in total. The lowest BCUT2D eigenvalue weighted by Crippen LogP contribution is -2.23. The summed E-state index contributed by atoms with van der Waals surface area (Å²) < 4.78 is 13.1. The van der Waals surface area contributed by atoms with Gasteiger partial charge in [0.2, 0.25) is 0 Å². The fourth-order valence-electron chi connectivity index (χ4n) is 4.06. The first kappa shape index (κ1) is 20.4. The number of rotatable bonds is 11. The molecule has 0 spiro atoms. The molecule has 25 heavy (non-hydrogen) atoms. The van der Waals surface area contributed by atoms with Crippen LogP contribution in [0.1, 0.15) is 84.1 Å². The van der Waals surface area contributed by atoms with Crippen molar-refractivity contribution in [3.63, 3.8) is 0 Å². The molecule has 0 aromatic heterocycles. The smallest absolute Gasteiger partial charge is 0.0805 e. The van der Waals surface area contributed by atoms with E-state index in [4.69, 9.17) is 0 Å². The van der Waals surface area contributed by atoms with Gasteiger partial charge < -0.3 is 0 Å². The number of benzene rings is 1. The molecule has 0 radical (unpaired) electrons. The third-order valence-electron chi connectivity index (χ3n) is 6.12. The van der Waals surface area contributed by atoms with Gasteiger partial charge in [0.25, 0.3) is 0 Å². The van der Waals surface area contributed by atoms with Crippen molar-refractivity contribution in [2.75, 3.05) is 0 Å². The summed E-state index contributed by atoms with van der Waals surface area (Å²) >= 11 is 0. The second-order valence-corrected chi connectivity index (χ2v) is 9.94. The fraction of sp³-hybridized carbons (Fsp3) is 0.652. The van der Waals surface area contributed by atoms with Gasteiger partial charge in [-0.2, -0.15) is 0 Å². The quantitative estimate of drug-likeness (QED) is 0.308. The number of hydrogen-bond donors (Lipinski definition) is 0. The van der Waals surface area contributed by atoms with E-state index < -0.39 is 10.8 Å². The summed E-state index contributed by atoms with van der Waals surface area (Å²) in [6.07, 6.45) is 11.5. The minimum atomic E-state index is -1.00. The first-order chi connectivity index (χ1) is 11.9. The van der Waals surface area contributed by atoms with Crippen LogP contribution in [0.25, 0.3) is 0 Å². The van der Waals surface area contributed by atoms with E-state index in [0.29, 0.717) is 0 Å². The lowest BCUT2D eigenvalue weighted by Gasteiger charge is -2.19. The zero-order valence-corrected chi connectivity index (χ0v) is 17.5. The van der Waals surface area contributed by atoms with Gasteiger partial charge in [-0.25, -0.2) is 0 Å². The standard InChI is InChI=1S/C23H36OS/c1-6-7-8-9-10-11-12-13-18-23(20(3)22(23,4)5)25(24)21-16-14-19(2)15-17-21/h14-17H,3,6-13,18H2,1-2,4-5H3/t23-,25-/m0/s1. The van der Waals surface area contributed by atoms with Crippen molar-refractivity contribution in [1.29, 1.82) is 0 Å². The summed E-state index contributed by atoms with van der Waals surface area (Å²) in [6.45, 7) is 13.1. The van der Waals surface area contributed by atoms with Gasteiger partial charge in [0, 0.05) is 10.3 Å². The van der Waals surface area contributed by atoms with Gasteiger partial charge in [0.15, 0.2) is 0 Å². The Morgan fingerprint density at radius 3 is 1.88 bits per heavy atom. The first-order valence-electron chi connectivity index (χ1n) is 10.1. The van der Waals surface area contributed by atoms with Crippen LogP contribution in [0.2, 0.25) is 0 Å². The van der Waals surface area contributed by atoms with Crippen molar-refractivity contribution in [3.8, 4) is 0 Å². The Morgan fingerprint density at radius 1 is 0.920 bits per heavy atom. The molecule has 0 aliphatic heterocycles. The molecule has 0 N–H and O–H groups in total. The van der Waals surface area contributed by atoms with Gasteiger partial charge >= 0.3 is 0 Å². The second kappa shape index (κ2) is 8.66. The second-order valence-electron chi connectivity index (χ2n) is 8.24. The van der Waals surface area contributed by atoms with Gasteiger partial charge in [0.1, 0.15) is 0 Å². The molecule has 0 saturated heterocycles. The SMILES string of the molecule is C=C1C(C)(C)[C@@]1(CCCCCCCCCC)[S@@](=O)c1ccc(C)cc1. The highest BCUT2D eigenvalue weighted by Crippen LogP contribution is 2.67. The van der Waals surface area contributed by atoms with E-state index in [1.165, 1.54) is 56.1 Å². The predicted molar refractivity (Wildman–Crippen MR) is 110 cm³/mol. The van der Waals surface area contributed by atoms with E-state index in [1.54, 1.807) is 0 Å². The van der Waals surface area contributed by atoms with E-state index in [0.717, 1.165) is 17.7 Å². The predicted octanol–water partition coefficient (Wildman–Crippen LogP) is 6.97. The fourth-order valence-corrected chi connectivity index (χ4v) is 6.19. The largest absolute Gasteiger partial charge is 0.253 e. The van der Waals surface area contributed by atoms with Crippen LogP contribution >= 0.6 is 0 Å². The summed E-state index contributed by atoms with van der Waals surface area (Å²) in [4.78, 5) is 0.955. The van der Waals surface area contributed by atoms with E-state index in [1.807, 2.05) is 12.1 Å². The van der Waals surface area contributed by atoms with Crippen molar-refractivity contribution in [3.05, 3.63) is 42.0 Å².